The van der Waals surface area contributed by atoms with Crippen LogP contribution in [0.2, 0.25) is 0 Å². The lowest BCUT2D eigenvalue weighted by Gasteiger charge is -2.20. The molecule has 190 valence electrons. The minimum atomic E-state index is -0.765. The third-order valence-electron chi connectivity index (χ3n) is 5.34. The summed E-state index contributed by atoms with van der Waals surface area (Å²) in [5, 5.41) is 4.08. The molecule has 35 heavy (non-hydrogen) atoms. The van der Waals surface area contributed by atoms with Gasteiger partial charge in [0.1, 0.15) is 37.9 Å². The predicted octanol–water partition coefficient (Wildman–Crippen LogP) is -0.0200. The van der Waals surface area contributed by atoms with Gasteiger partial charge in [-0.15, -0.1) is 5.10 Å². The molecule has 2 N–H and O–H groups in total. The van der Waals surface area contributed by atoms with Crippen LogP contribution in [-0.4, -0.2) is 91.7 Å². The number of carbonyl (C=O) groups excluding carboxylic acids is 2. The molecule has 2 fully saturated rings. The van der Waals surface area contributed by atoms with Crippen LogP contribution in [0.25, 0.3) is 0 Å². The number of amides is 1. The number of carbonyl (C=O) groups is 2. The minimum absolute atomic E-state index is 0.0908. The summed E-state index contributed by atoms with van der Waals surface area (Å²) >= 11 is 0. The smallest absolute Gasteiger partial charge is 0.332 e. The van der Waals surface area contributed by atoms with Crippen LogP contribution in [-0.2, 0) is 38.0 Å². The highest BCUT2D eigenvalue weighted by Crippen LogP contribution is 2.43. The van der Waals surface area contributed by atoms with Crippen LogP contribution in [0, 0.1) is 0 Å². The number of hydrogen-bond donors (Lipinski definition) is 1. The lowest BCUT2D eigenvalue weighted by atomic mass is 10.1. The van der Waals surface area contributed by atoms with E-state index >= 15 is 0 Å². The number of nitrogens with two attached hydrogens (primary N) is 1. The van der Waals surface area contributed by atoms with E-state index in [2.05, 4.69) is 10.1 Å². The Bertz CT molecular complexity index is 973. The molecule has 0 aliphatic carbocycles. The van der Waals surface area contributed by atoms with Crippen LogP contribution in [0.4, 0.5) is 0 Å². The fourth-order valence-corrected chi connectivity index (χ4v) is 3.69. The molecule has 4 rings (SSSR count). The summed E-state index contributed by atoms with van der Waals surface area (Å²) in [7, 11) is 1.59. The predicted molar refractivity (Wildman–Crippen MR) is 116 cm³/mol. The van der Waals surface area contributed by atoms with Gasteiger partial charge in [0.05, 0.1) is 26.4 Å². The molecule has 3 heterocycles. The van der Waals surface area contributed by atoms with Crippen molar-refractivity contribution in [2.45, 2.75) is 30.8 Å². The van der Waals surface area contributed by atoms with E-state index in [0.717, 1.165) is 5.56 Å². The molecular formula is C22H28N4O9. The van der Waals surface area contributed by atoms with E-state index in [9.17, 15) is 9.59 Å². The van der Waals surface area contributed by atoms with Crippen molar-refractivity contribution in [3.63, 3.8) is 0 Å². The lowest BCUT2D eigenvalue weighted by molar-refractivity contribution is -0.170. The number of benzene rings is 1. The molecular weight excluding hydrogens is 464 g/mol. The van der Waals surface area contributed by atoms with E-state index in [4.69, 9.17) is 38.9 Å². The maximum Gasteiger partial charge on any atom is 0.332 e. The van der Waals surface area contributed by atoms with Crippen molar-refractivity contribution in [3.8, 4) is 0 Å². The molecule has 2 saturated heterocycles. The number of primary amides is 1. The quantitative estimate of drug-likeness (QED) is 0.296. The average molecular weight is 492 g/mol. The zero-order valence-electron chi connectivity index (χ0n) is 19.2. The van der Waals surface area contributed by atoms with E-state index in [1.807, 2.05) is 30.3 Å². The lowest BCUT2D eigenvalue weighted by Crippen LogP contribution is -2.33. The Labute approximate surface area is 201 Å². The molecule has 0 radical (unpaired) electrons. The summed E-state index contributed by atoms with van der Waals surface area (Å²) in [5.74, 6) is -1.47. The van der Waals surface area contributed by atoms with Crippen molar-refractivity contribution in [3.05, 3.63) is 48.0 Å². The number of rotatable bonds is 13. The molecule has 1 aromatic carbocycles. The number of fused-ring (bicyclic) bond motifs is 1. The van der Waals surface area contributed by atoms with Gasteiger partial charge in [0, 0.05) is 12.7 Å². The van der Waals surface area contributed by atoms with Gasteiger partial charge in [0.25, 0.3) is 5.91 Å². The Morgan fingerprint density at radius 1 is 1.03 bits per heavy atom. The van der Waals surface area contributed by atoms with Crippen molar-refractivity contribution in [1.29, 1.82) is 0 Å². The van der Waals surface area contributed by atoms with Crippen LogP contribution in [0.1, 0.15) is 28.7 Å². The zero-order chi connectivity index (χ0) is 24.6. The Kier molecular flexibility index (Phi) is 8.74. The summed E-state index contributed by atoms with van der Waals surface area (Å²) in [6.45, 7) is 1.20. The summed E-state index contributed by atoms with van der Waals surface area (Å²) in [4.78, 5) is 27.4. The van der Waals surface area contributed by atoms with Crippen molar-refractivity contribution in [2.24, 2.45) is 5.73 Å². The van der Waals surface area contributed by atoms with Crippen LogP contribution in [0.3, 0.4) is 0 Å². The fourth-order valence-electron chi connectivity index (χ4n) is 3.69. The Balaban J connectivity index is 1.34. The number of methoxy groups -OCH3 is 1. The summed E-state index contributed by atoms with van der Waals surface area (Å²) in [6.07, 6.45) is -1.88. The molecule has 0 bridgehead atoms. The molecule has 1 amide bonds. The number of aromatic nitrogens is 3. The van der Waals surface area contributed by atoms with Gasteiger partial charge in [-0.3, -0.25) is 4.79 Å². The SMILES string of the molecule is COCCOCCOCC(=O)OCC1OC(n2cnc(C(N)=O)n2)[C@@H]2O[C@@H](c3ccccc3)OC12. The van der Waals surface area contributed by atoms with Gasteiger partial charge in [-0.05, 0) is 0 Å². The van der Waals surface area contributed by atoms with Crippen molar-refractivity contribution in [2.75, 3.05) is 46.8 Å². The molecule has 13 heteroatoms. The monoisotopic (exact) mass is 492 g/mol. The standard InChI is InChI=1S/C22H28N4O9/c1-29-7-8-30-9-10-31-12-16(27)32-11-15-17-18(35-22(34-17)14-5-3-2-4-6-14)21(33-15)26-13-24-20(25-26)19(23)28/h2-6,13,15,17-18,21-22H,7-12H2,1H3,(H2,23,28)/t15?,17?,18-,21?,22+/m1/s1. The molecule has 0 saturated carbocycles. The number of ether oxygens (including phenoxy) is 7. The second-order valence-corrected chi connectivity index (χ2v) is 7.76. The molecule has 1 aromatic heterocycles. The summed E-state index contributed by atoms with van der Waals surface area (Å²) in [5.41, 5.74) is 6.09. The average Bonchev–Trinajstić information content (AvgIpc) is 3.58. The molecule has 3 unspecified atom stereocenters. The van der Waals surface area contributed by atoms with Gasteiger partial charge in [-0.1, -0.05) is 30.3 Å². The van der Waals surface area contributed by atoms with Crippen molar-refractivity contribution >= 4 is 11.9 Å². The second kappa shape index (κ2) is 12.2. The summed E-state index contributed by atoms with van der Waals surface area (Å²) in [6, 6.07) is 9.41. The molecule has 2 aliphatic heterocycles. The highest BCUT2D eigenvalue weighted by Gasteiger charge is 2.54. The Hall–Kier alpha value is -2.94. The van der Waals surface area contributed by atoms with E-state index in [1.54, 1.807) is 7.11 Å². The van der Waals surface area contributed by atoms with Gasteiger partial charge in [-0.2, -0.15) is 0 Å². The largest absolute Gasteiger partial charge is 0.461 e. The first-order valence-electron chi connectivity index (χ1n) is 11.1. The van der Waals surface area contributed by atoms with Gasteiger partial charge in [-0.25, -0.2) is 14.5 Å². The number of nitrogens with zero attached hydrogens (tertiary/aromatic N) is 3. The Morgan fingerprint density at radius 2 is 1.77 bits per heavy atom. The first-order valence-corrected chi connectivity index (χ1v) is 11.1. The van der Waals surface area contributed by atoms with E-state index < -0.39 is 42.7 Å². The number of hydrogen-bond acceptors (Lipinski definition) is 11. The van der Waals surface area contributed by atoms with Gasteiger partial charge >= 0.3 is 5.97 Å². The van der Waals surface area contributed by atoms with Gasteiger partial charge in [0.15, 0.2) is 12.5 Å². The molecule has 0 spiro atoms. The van der Waals surface area contributed by atoms with Crippen LogP contribution < -0.4 is 5.73 Å². The first-order chi connectivity index (χ1) is 17.1. The zero-order valence-corrected chi connectivity index (χ0v) is 19.2. The number of esters is 1. The normalized spacial score (nSPS) is 25.5. The van der Waals surface area contributed by atoms with E-state index in [-0.39, 0.29) is 25.6 Å². The van der Waals surface area contributed by atoms with Crippen molar-refractivity contribution < 1.29 is 42.7 Å². The maximum atomic E-state index is 12.1. The van der Waals surface area contributed by atoms with Crippen molar-refractivity contribution in [1.82, 2.24) is 14.8 Å². The minimum Gasteiger partial charge on any atom is -0.461 e. The van der Waals surface area contributed by atoms with Gasteiger partial charge in [0.2, 0.25) is 5.82 Å². The third-order valence-corrected chi connectivity index (χ3v) is 5.34. The van der Waals surface area contributed by atoms with E-state index in [0.29, 0.717) is 19.8 Å². The molecule has 2 aromatic rings. The fraction of sp³-hybridized carbons (Fsp3) is 0.545. The maximum absolute atomic E-state index is 12.1. The molecule has 13 nitrogen and oxygen atoms in total. The first kappa shape index (κ1) is 25.2. The van der Waals surface area contributed by atoms with Crippen LogP contribution in [0.15, 0.2) is 36.7 Å². The highest BCUT2D eigenvalue weighted by molar-refractivity contribution is 5.88. The Morgan fingerprint density at radius 3 is 2.51 bits per heavy atom. The van der Waals surface area contributed by atoms with Crippen LogP contribution >= 0.6 is 0 Å². The topological polar surface area (TPSA) is 155 Å². The van der Waals surface area contributed by atoms with Gasteiger partial charge < -0.3 is 38.9 Å². The second-order valence-electron chi connectivity index (χ2n) is 7.76. The summed E-state index contributed by atoms with van der Waals surface area (Å²) < 4.78 is 40.4. The van der Waals surface area contributed by atoms with E-state index in [1.165, 1.54) is 11.0 Å². The molecule has 5 atom stereocenters. The molecule has 2 aliphatic rings. The van der Waals surface area contributed by atoms with Crippen LogP contribution in [0.5, 0.6) is 0 Å². The third kappa shape index (κ3) is 6.39. The highest BCUT2D eigenvalue weighted by atomic mass is 16.8.